The third kappa shape index (κ3) is 4.19. The number of carbonyl (C=O) groups is 1. The summed E-state index contributed by atoms with van der Waals surface area (Å²) in [6.45, 7) is 5.34. The van der Waals surface area contributed by atoms with Gasteiger partial charge in [0.15, 0.2) is 0 Å². The molecule has 162 valence electrons. The van der Waals surface area contributed by atoms with Gasteiger partial charge in [-0.25, -0.2) is 12.8 Å². The SMILES string of the molecule is CC(C)Cc1ccc(S(=O)(=O)c2c(C(=O)N3CCCC3)cnc3ccc(F)cc23)cc1. The average molecular weight is 441 g/mol. The molecule has 4 rings (SSSR count). The summed E-state index contributed by atoms with van der Waals surface area (Å²) in [5.74, 6) is -0.519. The summed E-state index contributed by atoms with van der Waals surface area (Å²) in [5, 5.41) is 0.122. The van der Waals surface area contributed by atoms with Gasteiger partial charge < -0.3 is 4.90 Å². The van der Waals surface area contributed by atoms with E-state index >= 15 is 0 Å². The van der Waals surface area contributed by atoms with Gasteiger partial charge >= 0.3 is 0 Å². The lowest BCUT2D eigenvalue weighted by Crippen LogP contribution is -2.29. The van der Waals surface area contributed by atoms with Crippen LogP contribution in [0.1, 0.15) is 42.6 Å². The van der Waals surface area contributed by atoms with E-state index in [-0.39, 0.29) is 26.6 Å². The van der Waals surface area contributed by atoms with Gasteiger partial charge in [0.2, 0.25) is 9.84 Å². The molecule has 31 heavy (non-hydrogen) atoms. The fourth-order valence-corrected chi connectivity index (χ4v) is 5.68. The highest BCUT2D eigenvalue weighted by atomic mass is 32.2. The maximum absolute atomic E-state index is 14.1. The first kappa shape index (κ1) is 21.4. The van der Waals surface area contributed by atoms with E-state index in [0.717, 1.165) is 30.9 Å². The van der Waals surface area contributed by atoms with Crippen LogP contribution in [0.25, 0.3) is 10.9 Å². The Kier molecular flexibility index (Phi) is 5.79. The maximum atomic E-state index is 14.1. The molecule has 1 saturated heterocycles. The number of aromatic nitrogens is 1. The summed E-state index contributed by atoms with van der Waals surface area (Å²) >= 11 is 0. The quantitative estimate of drug-likeness (QED) is 0.580. The van der Waals surface area contributed by atoms with Gasteiger partial charge in [-0.05, 0) is 61.1 Å². The molecule has 1 aromatic heterocycles. The number of rotatable bonds is 5. The Hall–Kier alpha value is -2.80. The van der Waals surface area contributed by atoms with Crippen molar-refractivity contribution < 1.29 is 17.6 Å². The lowest BCUT2D eigenvalue weighted by Gasteiger charge is -2.19. The van der Waals surface area contributed by atoms with Crippen molar-refractivity contribution in [2.45, 2.75) is 42.9 Å². The monoisotopic (exact) mass is 440 g/mol. The minimum absolute atomic E-state index is 0.00810. The van der Waals surface area contributed by atoms with Crippen molar-refractivity contribution in [2.24, 2.45) is 5.92 Å². The maximum Gasteiger partial charge on any atom is 0.256 e. The van der Waals surface area contributed by atoms with Crippen LogP contribution in [0, 0.1) is 11.7 Å². The van der Waals surface area contributed by atoms with Crippen molar-refractivity contribution in [3.63, 3.8) is 0 Å². The Morgan fingerprint density at radius 1 is 1.10 bits per heavy atom. The van der Waals surface area contributed by atoms with Gasteiger partial charge in [-0.2, -0.15) is 0 Å². The van der Waals surface area contributed by atoms with E-state index in [4.69, 9.17) is 0 Å². The van der Waals surface area contributed by atoms with Crippen LogP contribution < -0.4 is 0 Å². The fourth-order valence-electron chi connectivity index (χ4n) is 4.07. The highest BCUT2D eigenvalue weighted by Crippen LogP contribution is 2.32. The first-order valence-corrected chi connectivity index (χ1v) is 12.0. The van der Waals surface area contributed by atoms with Crippen LogP contribution in [-0.4, -0.2) is 37.3 Å². The number of carbonyl (C=O) groups excluding carboxylic acids is 1. The summed E-state index contributed by atoms with van der Waals surface area (Å²) in [5.41, 5.74) is 1.36. The number of hydrogen-bond acceptors (Lipinski definition) is 4. The second-order valence-corrected chi connectivity index (χ2v) is 10.3. The van der Waals surface area contributed by atoms with Crippen molar-refractivity contribution in [1.82, 2.24) is 9.88 Å². The summed E-state index contributed by atoms with van der Waals surface area (Å²) in [4.78, 5) is 19.0. The number of hydrogen-bond donors (Lipinski definition) is 0. The Morgan fingerprint density at radius 2 is 1.77 bits per heavy atom. The van der Waals surface area contributed by atoms with Crippen LogP contribution in [-0.2, 0) is 16.3 Å². The molecular formula is C24H25FN2O3S. The van der Waals surface area contributed by atoms with Gasteiger partial charge in [-0.3, -0.25) is 9.78 Å². The predicted molar refractivity (Wildman–Crippen MR) is 117 cm³/mol. The molecule has 2 heterocycles. The van der Waals surface area contributed by atoms with Gasteiger partial charge in [0.05, 0.1) is 20.9 Å². The van der Waals surface area contributed by atoms with E-state index in [9.17, 15) is 17.6 Å². The molecule has 5 nitrogen and oxygen atoms in total. The van der Waals surface area contributed by atoms with E-state index in [1.165, 1.54) is 18.3 Å². The first-order valence-electron chi connectivity index (χ1n) is 10.5. The van der Waals surface area contributed by atoms with Crippen molar-refractivity contribution in [1.29, 1.82) is 0 Å². The molecule has 7 heteroatoms. The number of benzene rings is 2. The van der Waals surface area contributed by atoms with E-state index < -0.39 is 15.7 Å². The zero-order valence-electron chi connectivity index (χ0n) is 17.6. The number of pyridine rings is 1. The van der Waals surface area contributed by atoms with E-state index in [2.05, 4.69) is 18.8 Å². The second-order valence-electron chi connectivity index (χ2n) is 8.41. The largest absolute Gasteiger partial charge is 0.339 e. The molecule has 0 unspecified atom stereocenters. The molecule has 0 N–H and O–H groups in total. The number of amides is 1. The predicted octanol–water partition coefficient (Wildman–Crippen LogP) is 4.64. The summed E-state index contributed by atoms with van der Waals surface area (Å²) in [7, 11) is -4.09. The van der Waals surface area contributed by atoms with E-state index in [1.54, 1.807) is 29.2 Å². The zero-order valence-corrected chi connectivity index (χ0v) is 18.5. The van der Waals surface area contributed by atoms with Gasteiger partial charge in [0.25, 0.3) is 5.91 Å². The summed E-state index contributed by atoms with van der Waals surface area (Å²) in [6.07, 6.45) is 3.89. The molecule has 0 radical (unpaired) electrons. The average Bonchev–Trinajstić information content (AvgIpc) is 3.27. The highest BCUT2D eigenvalue weighted by Gasteiger charge is 2.31. The van der Waals surface area contributed by atoms with Gasteiger partial charge in [0, 0.05) is 24.7 Å². The lowest BCUT2D eigenvalue weighted by atomic mass is 10.0. The molecule has 0 spiro atoms. The number of nitrogens with zero attached hydrogens (tertiary/aromatic N) is 2. The minimum atomic E-state index is -4.09. The number of sulfone groups is 1. The Morgan fingerprint density at radius 3 is 2.42 bits per heavy atom. The van der Waals surface area contributed by atoms with Crippen LogP contribution in [0.3, 0.4) is 0 Å². The first-order chi connectivity index (χ1) is 14.8. The normalized spacial score (nSPS) is 14.5. The molecule has 2 aromatic carbocycles. The van der Waals surface area contributed by atoms with Crippen LogP contribution in [0.4, 0.5) is 4.39 Å². The van der Waals surface area contributed by atoms with Crippen molar-refractivity contribution in [3.05, 3.63) is 65.6 Å². The number of halogens is 1. The topological polar surface area (TPSA) is 67.3 Å². The Labute approximate surface area is 181 Å². The fraction of sp³-hybridized carbons (Fsp3) is 0.333. The van der Waals surface area contributed by atoms with Crippen LogP contribution in [0.15, 0.2) is 58.5 Å². The molecule has 3 aromatic rings. The van der Waals surface area contributed by atoms with Crippen LogP contribution >= 0.6 is 0 Å². The van der Waals surface area contributed by atoms with Crippen molar-refractivity contribution in [2.75, 3.05) is 13.1 Å². The van der Waals surface area contributed by atoms with Gasteiger partial charge in [-0.15, -0.1) is 0 Å². The Balaban J connectivity index is 1.90. The minimum Gasteiger partial charge on any atom is -0.339 e. The third-order valence-corrected chi connectivity index (χ3v) is 7.42. The third-order valence-electron chi connectivity index (χ3n) is 5.55. The summed E-state index contributed by atoms with van der Waals surface area (Å²) in [6, 6.07) is 10.5. The molecule has 1 amide bonds. The Bertz CT molecular complexity index is 1230. The molecule has 0 aliphatic carbocycles. The molecule has 1 aliphatic heterocycles. The smallest absolute Gasteiger partial charge is 0.256 e. The number of fused-ring (bicyclic) bond motifs is 1. The molecule has 0 bridgehead atoms. The van der Waals surface area contributed by atoms with E-state index in [0.29, 0.717) is 24.5 Å². The molecule has 1 fully saturated rings. The molecule has 0 atom stereocenters. The molecule has 0 saturated carbocycles. The molecular weight excluding hydrogens is 415 g/mol. The van der Waals surface area contributed by atoms with Gasteiger partial charge in [0.1, 0.15) is 5.82 Å². The summed E-state index contributed by atoms with van der Waals surface area (Å²) < 4.78 is 41.5. The zero-order chi connectivity index (χ0) is 22.2. The standard InChI is InChI=1S/C24H25FN2O3S/c1-16(2)13-17-5-8-19(9-6-17)31(29,30)23-20-14-18(25)7-10-22(20)26-15-21(23)24(28)27-11-3-4-12-27/h5-10,14-16H,3-4,11-13H2,1-2H3. The van der Waals surface area contributed by atoms with Gasteiger partial charge in [-0.1, -0.05) is 26.0 Å². The number of likely N-dealkylation sites (tertiary alicyclic amines) is 1. The van der Waals surface area contributed by atoms with Crippen LogP contribution in [0.2, 0.25) is 0 Å². The molecule has 1 aliphatic rings. The van der Waals surface area contributed by atoms with E-state index in [1.807, 2.05) is 0 Å². The second kappa shape index (κ2) is 8.38. The van der Waals surface area contributed by atoms with Crippen molar-refractivity contribution in [3.8, 4) is 0 Å². The lowest BCUT2D eigenvalue weighted by molar-refractivity contribution is 0.0789. The van der Waals surface area contributed by atoms with Crippen LogP contribution in [0.5, 0.6) is 0 Å². The van der Waals surface area contributed by atoms with Crippen molar-refractivity contribution >= 4 is 26.6 Å². The highest BCUT2D eigenvalue weighted by molar-refractivity contribution is 7.91.